The minimum absolute atomic E-state index is 0.257. The van der Waals surface area contributed by atoms with Crippen LogP contribution in [0.4, 0.5) is 10.1 Å². The molecule has 0 radical (unpaired) electrons. The van der Waals surface area contributed by atoms with Gasteiger partial charge in [0.15, 0.2) is 0 Å². The second-order valence-electron chi connectivity index (χ2n) is 8.73. The molecule has 6 nitrogen and oxygen atoms in total. The quantitative estimate of drug-likeness (QED) is 0.245. The normalized spacial score (nSPS) is 11.1. The fourth-order valence-electron chi connectivity index (χ4n) is 4.27. The van der Waals surface area contributed by atoms with E-state index in [4.69, 9.17) is 9.72 Å². The number of carbonyl (C=O) groups excluding carboxylic acids is 1. The van der Waals surface area contributed by atoms with E-state index in [0.29, 0.717) is 34.7 Å². The first-order valence-electron chi connectivity index (χ1n) is 11.7. The third-order valence-electron chi connectivity index (χ3n) is 6.27. The monoisotopic (exact) mass is 558 g/mol. The third kappa shape index (κ3) is 5.11. The van der Waals surface area contributed by atoms with Crippen LogP contribution in [-0.2, 0) is 6.54 Å². The predicted octanol–water partition coefficient (Wildman–Crippen LogP) is 6.93. The summed E-state index contributed by atoms with van der Waals surface area (Å²) in [5.41, 5.74) is 5.84. The highest BCUT2D eigenvalue weighted by atomic mass is 79.9. The molecule has 2 aromatic heterocycles. The van der Waals surface area contributed by atoms with Crippen molar-refractivity contribution in [2.45, 2.75) is 20.4 Å². The summed E-state index contributed by atoms with van der Waals surface area (Å²) in [6.07, 6.45) is 0. The molecule has 0 aliphatic rings. The lowest BCUT2D eigenvalue weighted by Crippen LogP contribution is -2.14. The Morgan fingerprint density at radius 1 is 1.03 bits per heavy atom. The van der Waals surface area contributed by atoms with Crippen LogP contribution in [0.5, 0.6) is 5.75 Å². The molecule has 186 valence electrons. The van der Waals surface area contributed by atoms with Gasteiger partial charge in [-0.25, -0.2) is 9.37 Å². The highest BCUT2D eigenvalue weighted by molar-refractivity contribution is 9.10. The van der Waals surface area contributed by atoms with Crippen LogP contribution in [-0.4, -0.2) is 27.8 Å². The molecule has 0 unspecified atom stereocenters. The smallest absolute Gasteiger partial charge is 0.256 e. The number of fused-ring (bicyclic) bond motifs is 1. The number of hydrogen-bond acceptors (Lipinski definition) is 4. The van der Waals surface area contributed by atoms with E-state index in [1.165, 1.54) is 12.1 Å². The second-order valence-corrected chi connectivity index (χ2v) is 9.64. The van der Waals surface area contributed by atoms with Gasteiger partial charge in [0.1, 0.15) is 11.6 Å². The lowest BCUT2D eigenvalue weighted by Gasteiger charge is -2.12. The number of aromatic nitrogens is 3. The van der Waals surface area contributed by atoms with Gasteiger partial charge in [-0.2, -0.15) is 5.10 Å². The summed E-state index contributed by atoms with van der Waals surface area (Å²) in [5, 5.41) is 8.42. The van der Waals surface area contributed by atoms with Crippen molar-refractivity contribution in [3.63, 3.8) is 0 Å². The number of benzene rings is 3. The van der Waals surface area contributed by atoms with E-state index in [-0.39, 0.29) is 11.7 Å². The summed E-state index contributed by atoms with van der Waals surface area (Å²) in [7, 11) is 1.62. The van der Waals surface area contributed by atoms with Crippen LogP contribution in [0.15, 0.2) is 77.3 Å². The molecule has 37 heavy (non-hydrogen) atoms. The summed E-state index contributed by atoms with van der Waals surface area (Å²) < 4.78 is 21.2. The molecule has 1 N–H and O–H groups in total. The van der Waals surface area contributed by atoms with Gasteiger partial charge < -0.3 is 10.1 Å². The highest BCUT2D eigenvalue weighted by Gasteiger charge is 2.19. The highest BCUT2D eigenvalue weighted by Crippen LogP contribution is 2.30. The number of carbonyl (C=O) groups is 1. The van der Waals surface area contributed by atoms with Crippen LogP contribution in [0.25, 0.3) is 22.2 Å². The molecule has 3 aromatic carbocycles. The summed E-state index contributed by atoms with van der Waals surface area (Å²) >= 11 is 3.51. The lowest BCUT2D eigenvalue weighted by molar-refractivity contribution is 0.102. The molecular weight excluding hydrogens is 535 g/mol. The van der Waals surface area contributed by atoms with Crippen LogP contribution in [0.2, 0.25) is 0 Å². The number of hydrogen-bond donors (Lipinski definition) is 1. The molecule has 0 saturated heterocycles. The number of pyridine rings is 1. The minimum atomic E-state index is -0.282. The molecule has 0 saturated carbocycles. The Bertz CT molecular complexity index is 1610. The number of anilines is 1. The maximum Gasteiger partial charge on any atom is 0.256 e. The molecular formula is C29H24BrFN4O2. The van der Waals surface area contributed by atoms with Gasteiger partial charge in [0.25, 0.3) is 5.91 Å². The zero-order chi connectivity index (χ0) is 26.1. The number of aryl methyl sites for hydroxylation is 1. The van der Waals surface area contributed by atoms with E-state index in [0.717, 1.165) is 32.4 Å². The van der Waals surface area contributed by atoms with E-state index in [2.05, 4.69) is 26.3 Å². The van der Waals surface area contributed by atoms with Gasteiger partial charge in [0.05, 0.1) is 47.5 Å². The molecule has 0 spiro atoms. The zero-order valence-corrected chi connectivity index (χ0v) is 22.1. The van der Waals surface area contributed by atoms with Gasteiger partial charge in [-0.15, -0.1) is 0 Å². The van der Waals surface area contributed by atoms with Crippen LogP contribution in [0.3, 0.4) is 0 Å². The number of halogens is 2. The molecule has 5 aromatic rings. The van der Waals surface area contributed by atoms with Crippen LogP contribution in [0, 0.1) is 19.7 Å². The van der Waals surface area contributed by atoms with Crippen molar-refractivity contribution in [1.82, 2.24) is 14.8 Å². The van der Waals surface area contributed by atoms with Gasteiger partial charge >= 0.3 is 0 Å². The van der Waals surface area contributed by atoms with Gasteiger partial charge in [-0.1, -0.05) is 28.1 Å². The first-order valence-corrected chi connectivity index (χ1v) is 12.5. The first-order chi connectivity index (χ1) is 17.8. The van der Waals surface area contributed by atoms with Crippen molar-refractivity contribution < 1.29 is 13.9 Å². The number of nitrogens with zero attached hydrogens (tertiary/aromatic N) is 3. The fraction of sp³-hybridized carbons (Fsp3) is 0.138. The Morgan fingerprint density at radius 2 is 1.76 bits per heavy atom. The predicted molar refractivity (Wildman–Crippen MR) is 147 cm³/mol. The number of amides is 1. The van der Waals surface area contributed by atoms with Crippen LogP contribution in [0.1, 0.15) is 27.3 Å². The van der Waals surface area contributed by atoms with Gasteiger partial charge in [0.2, 0.25) is 0 Å². The van der Waals surface area contributed by atoms with E-state index in [1.807, 2.05) is 61.0 Å². The molecule has 0 bridgehead atoms. The maximum absolute atomic E-state index is 13.7. The van der Waals surface area contributed by atoms with Crippen molar-refractivity contribution in [3.05, 3.63) is 106 Å². The summed E-state index contributed by atoms with van der Waals surface area (Å²) in [6.45, 7) is 4.23. The van der Waals surface area contributed by atoms with Gasteiger partial charge in [-0.05, 0) is 80.1 Å². The minimum Gasteiger partial charge on any atom is -0.497 e. The fourth-order valence-corrected chi connectivity index (χ4v) is 4.63. The molecule has 2 heterocycles. The lowest BCUT2D eigenvalue weighted by atomic mass is 10.0. The van der Waals surface area contributed by atoms with E-state index in [9.17, 15) is 9.18 Å². The molecule has 1 amide bonds. The molecule has 0 aliphatic heterocycles. The second kappa shape index (κ2) is 10.1. The van der Waals surface area contributed by atoms with Gasteiger partial charge in [-0.3, -0.25) is 9.48 Å². The Balaban J connectivity index is 1.51. The van der Waals surface area contributed by atoms with Gasteiger partial charge in [0, 0.05) is 15.4 Å². The summed E-state index contributed by atoms with van der Waals surface area (Å²) in [4.78, 5) is 18.5. The number of nitrogens with one attached hydrogen (secondary N) is 1. The topological polar surface area (TPSA) is 69.0 Å². The SMILES string of the molecule is COc1ccc(-c2cc(C(=O)Nc3c(C)nn(Cc4ccc(F)cc4)c3C)c3cc(Br)ccc3n2)cc1. The Hall–Kier alpha value is -4.04. The Morgan fingerprint density at radius 3 is 2.46 bits per heavy atom. The molecule has 0 aliphatic carbocycles. The standard InChI is InChI=1S/C29H24BrFN4O2/c1-17-28(18(2)35(34-17)16-19-4-9-22(31)10-5-19)33-29(36)25-15-27(20-6-11-23(37-3)12-7-20)32-26-13-8-21(30)14-24(25)26/h4-15H,16H2,1-3H3,(H,33,36). The summed E-state index contributed by atoms with van der Waals surface area (Å²) in [5.74, 6) is 0.207. The number of ether oxygens (including phenoxy) is 1. The average molecular weight is 559 g/mol. The molecule has 5 rings (SSSR count). The Kier molecular flexibility index (Phi) is 6.76. The number of methoxy groups -OCH3 is 1. The Labute approximate surface area is 222 Å². The third-order valence-corrected chi connectivity index (χ3v) is 6.76. The molecule has 8 heteroatoms. The zero-order valence-electron chi connectivity index (χ0n) is 20.5. The molecule has 0 atom stereocenters. The van der Waals surface area contributed by atoms with Crippen LogP contribution >= 0.6 is 15.9 Å². The van der Waals surface area contributed by atoms with Crippen molar-refractivity contribution in [2.75, 3.05) is 12.4 Å². The van der Waals surface area contributed by atoms with Crippen molar-refractivity contribution in [3.8, 4) is 17.0 Å². The molecule has 0 fully saturated rings. The van der Waals surface area contributed by atoms with Crippen LogP contribution < -0.4 is 10.1 Å². The van der Waals surface area contributed by atoms with E-state index < -0.39 is 0 Å². The maximum atomic E-state index is 13.7. The summed E-state index contributed by atoms with van der Waals surface area (Å²) in [6, 6.07) is 21.4. The van der Waals surface area contributed by atoms with E-state index in [1.54, 1.807) is 25.3 Å². The van der Waals surface area contributed by atoms with Crippen molar-refractivity contribution in [1.29, 1.82) is 0 Å². The largest absolute Gasteiger partial charge is 0.497 e. The average Bonchev–Trinajstić information content (AvgIpc) is 3.16. The van der Waals surface area contributed by atoms with Crippen molar-refractivity contribution >= 4 is 38.4 Å². The van der Waals surface area contributed by atoms with E-state index >= 15 is 0 Å². The van der Waals surface area contributed by atoms with Crippen molar-refractivity contribution in [2.24, 2.45) is 0 Å². The number of rotatable bonds is 6. The first kappa shape index (κ1) is 24.6.